The molecule has 0 saturated heterocycles. The Morgan fingerprint density at radius 2 is 1.85 bits per heavy atom. The molecule has 2 aromatic heterocycles. The summed E-state index contributed by atoms with van der Waals surface area (Å²) in [5.74, 6) is -0.110. The second-order valence-electron chi connectivity index (χ2n) is 5.60. The second kappa shape index (κ2) is 6.78. The van der Waals surface area contributed by atoms with E-state index >= 15 is 0 Å². The van der Waals surface area contributed by atoms with Gasteiger partial charge in [-0.2, -0.15) is 4.98 Å². The van der Waals surface area contributed by atoms with Gasteiger partial charge in [-0.05, 0) is 42.0 Å². The van der Waals surface area contributed by atoms with Gasteiger partial charge >= 0.3 is 0 Å². The van der Waals surface area contributed by atoms with Gasteiger partial charge in [0.25, 0.3) is 5.91 Å². The number of fused-ring (bicyclic) bond motifs is 1. The van der Waals surface area contributed by atoms with Gasteiger partial charge < -0.3 is 0 Å². The Balaban J connectivity index is 1.64. The number of hydrogen-bond donors (Lipinski definition) is 1. The van der Waals surface area contributed by atoms with Gasteiger partial charge in [-0.25, -0.2) is 4.52 Å². The van der Waals surface area contributed by atoms with Gasteiger partial charge in [-0.1, -0.05) is 47.5 Å². The Hall–Kier alpha value is -2.89. The van der Waals surface area contributed by atoms with Gasteiger partial charge in [-0.3, -0.25) is 10.1 Å². The molecule has 0 aliphatic carbocycles. The Morgan fingerprint density at radius 1 is 1.00 bits per heavy atom. The Morgan fingerprint density at radius 3 is 2.65 bits per heavy atom. The number of nitrogens with one attached hydrogen (secondary N) is 1. The van der Waals surface area contributed by atoms with E-state index in [0.29, 0.717) is 21.3 Å². The van der Waals surface area contributed by atoms with Crippen molar-refractivity contribution in [1.29, 1.82) is 0 Å². The molecule has 0 radical (unpaired) electrons. The van der Waals surface area contributed by atoms with Crippen LogP contribution in [0, 0.1) is 0 Å². The molecule has 0 aliphatic rings. The molecule has 2 heterocycles. The molecule has 4 aromatic rings. The zero-order valence-electron chi connectivity index (χ0n) is 13.4. The van der Waals surface area contributed by atoms with Crippen molar-refractivity contribution in [3.05, 3.63) is 82.5 Å². The number of pyridine rings is 1. The highest BCUT2D eigenvalue weighted by molar-refractivity contribution is 6.33. The Bertz CT molecular complexity index is 1120. The van der Waals surface area contributed by atoms with Crippen LogP contribution in [-0.2, 0) is 0 Å². The van der Waals surface area contributed by atoms with Crippen molar-refractivity contribution in [3.8, 4) is 11.1 Å². The number of nitrogens with zero attached hydrogens (tertiary/aromatic N) is 3. The van der Waals surface area contributed by atoms with Gasteiger partial charge in [-0.15, -0.1) is 5.10 Å². The molecule has 1 N–H and O–H groups in total. The van der Waals surface area contributed by atoms with Gasteiger partial charge in [0.2, 0.25) is 5.95 Å². The van der Waals surface area contributed by atoms with Crippen LogP contribution in [-0.4, -0.2) is 20.5 Å². The average molecular weight is 383 g/mol. The monoisotopic (exact) mass is 382 g/mol. The molecule has 0 aliphatic heterocycles. The van der Waals surface area contributed by atoms with Crippen molar-refractivity contribution in [2.45, 2.75) is 0 Å². The van der Waals surface area contributed by atoms with Crippen molar-refractivity contribution in [3.63, 3.8) is 0 Å². The van der Waals surface area contributed by atoms with E-state index in [4.69, 9.17) is 23.2 Å². The summed E-state index contributed by atoms with van der Waals surface area (Å²) in [6.45, 7) is 0. The summed E-state index contributed by atoms with van der Waals surface area (Å²) < 4.78 is 1.59. The quantitative estimate of drug-likeness (QED) is 0.544. The number of hydrogen-bond acceptors (Lipinski definition) is 3. The number of aromatic nitrogens is 3. The minimum absolute atomic E-state index is 0.214. The molecule has 0 bridgehead atoms. The summed E-state index contributed by atoms with van der Waals surface area (Å²) in [4.78, 5) is 16.7. The van der Waals surface area contributed by atoms with Gasteiger partial charge in [0.05, 0.1) is 0 Å². The van der Waals surface area contributed by atoms with Gasteiger partial charge in [0, 0.05) is 27.4 Å². The molecule has 0 fully saturated rings. The minimum atomic E-state index is -0.324. The van der Waals surface area contributed by atoms with Crippen molar-refractivity contribution >= 4 is 40.7 Å². The number of anilines is 1. The molecule has 0 saturated carbocycles. The van der Waals surface area contributed by atoms with E-state index in [2.05, 4.69) is 15.4 Å². The summed E-state index contributed by atoms with van der Waals surface area (Å²) >= 11 is 12.2. The van der Waals surface area contributed by atoms with Crippen molar-refractivity contribution in [2.75, 3.05) is 5.32 Å². The largest absolute Gasteiger partial charge is 0.289 e. The maximum absolute atomic E-state index is 12.3. The minimum Gasteiger partial charge on any atom is -0.289 e. The predicted molar refractivity (Wildman–Crippen MR) is 103 cm³/mol. The third-order valence-corrected chi connectivity index (χ3v) is 4.40. The summed E-state index contributed by atoms with van der Waals surface area (Å²) in [6, 6.07) is 18.0. The zero-order chi connectivity index (χ0) is 18.1. The van der Waals surface area contributed by atoms with E-state index in [0.717, 1.165) is 11.1 Å². The van der Waals surface area contributed by atoms with E-state index in [9.17, 15) is 4.79 Å². The highest BCUT2D eigenvalue weighted by atomic mass is 35.5. The van der Waals surface area contributed by atoms with E-state index in [1.54, 1.807) is 35.0 Å². The fourth-order valence-corrected chi connectivity index (χ4v) is 3.04. The van der Waals surface area contributed by atoms with E-state index in [-0.39, 0.29) is 11.9 Å². The SMILES string of the molecule is O=C(Nc1nc2cc(-c3ccccc3Cl)ccn2n1)c1cccc(Cl)c1. The van der Waals surface area contributed by atoms with E-state index < -0.39 is 0 Å². The van der Waals surface area contributed by atoms with Crippen LogP contribution in [0.25, 0.3) is 16.8 Å². The third kappa shape index (κ3) is 3.27. The van der Waals surface area contributed by atoms with Crippen LogP contribution in [0.1, 0.15) is 10.4 Å². The molecule has 0 unspecified atom stereocenters. The fourth-order valence-electron chi connectivity index (χ4n) is 2.60. The smallest absolute Gasteiger partial charge is 0.258 e. The second-order valence-corrected chi connectivity index (χ2v) is 6.44. The molecule has 4 rings (SSSR count). The lowest BCUT2D eigenvalue weighted by Crippen LogP contribution is -2.12. The topological polar surface area (TPSA) is 59.3 Å². The van der Waals surface area contributed by atoms with Crippen LogP contribution >= 0.6 is 23.2 Å². The molecule has 26 heavy (non-hydrogen) atoms. The molecule has 0 spiro atoms. The lowest BCUT2D eigenvalue weighted by atomic mass is 10.1. The number of amides is 1. The fraction of sp³-hybridized carbons (Fsp3) is 0. The predicted octanol–water partition coefficient (Wildman–Crippen LogP) is 4.96. The maximum atomic E-state index is 12.3. The highest BCUT2D eigenvalue weighted by Gasteiger charge is 2.11. The molecular formula is C19H12Cl2N4O. The molecule has 1 amide bonds. The number of halogens is 2. The Labute approximate surface area is 159 Å². The van der Waals surface area contributed by atoms with Crippen LogP contribution in [0.2, 0.25) is 10.0 Å². The maximum Gasteiger partial charge on any atom is 0.258 e. The van der Waals surface area contributed by atoms with E-state index in [1.807, 2.05) is 36.4 Å². The molecule has 2 aromatic carbocycles. The van der Waals surface area contributed by atoms with Gasteiger partial charge in [0.15, 0.2) is 5.65 Å². The molecule has 128 valence electrons. The highest BCUT2D eigenvalue weighted by Crippen LogP contribution is 2.28. The van der Waals surface area contributed by atoms with Crippen LogP contribution in [0.15, 0.2) is 66.9 Å². The normalized spacial score (nSPS) is 10.8. The zero-order valence-corrected chi connectivity index (χ0v) is 14.9. The first-order valence-corrected chi connectivity index (χ1v) is 8.54. The number of carbonyl (C=O) groups excluding carboxylic acids is 1. The van der Waals surface area contributed by atoms with Gasteiger partial charge in [0.1, 0.15) is 0 Å². The number of rotatable bonds is 3. The van der Waals surface area contributed by atoms with Crippen molar-refractivity contribution in [2.24, 2.45) is 0 Å². The summed E-state index contributed by atoms with van der Waals surface area (Å²) in [6.07, 6.45) is 1.77. The molecule has 0 atom stereocenters. The summed E-state index contributed by atoms with van der Waals surface area (Å²) in [7, 11) is 0. The third-order valence-electron chi connectivity index (χ3n) is 3.83. The lowest BCUT2D eigenvalue weighted by molar-refractivity contribution is 0.102. The van der Waals surface area contributed by atoms with Crippen LogP contribution in [0.4, 0.5) is 5.95 Å². The first kappa shape index (κ1) is 16.6. The molecule has 5 nitrogen and oxygen atoms in total. The number of carbonyl (C=O) groups is 1. The Kier molecular flexibility index (Phi) is 4.32. The van der Waals surface area contributed by atoms with Crippen molar-refractivity contribution < 1.29 is 4.79 Å². The van der Waals surface area contributed by atoms with Crippen molar-refractivity contribution in [1.82, 2.24) is 14.6 Å². The standard InChI is InChI=1S/C19H12Cl2N4O/c20-14-5-3-4-13(10-14)18(26)23-19-22-17-11-12(8-9-25(17)24-19)15-6-1-2-7-16(15)21/h1-11H,(H,23,24,26). The first-order chi connectivity index (χ1) is 12.6. The van der Waals surface area contributed by atoms with Crippen LogP contribution in [0.3, 0.4) is 0 Å². The lowest BCUT2D eigenvalue weighted by Gasteiger charge is -2.03. The summed E-state index contributed by atoms with van der Waals surface area (Å²) in [5.41, 5.74) is 2.87. The first-order valence-electron chi connectivity index (χ1n) is 7.78. The van der Waals surface area contributed by atoms with E-state index in [1.165, 1.54) is 0 Å². The van der Waals surface area contributed by atoms with Crippen LogP contribution < -0.4 is 5.32 Å². The van der Waals surface area contributed by atoms with Crippen LogP contribution in [0.5, 0.6) is 0 Å². The summed E-state index contributed by atoms with van der Waals surface area (Å²) in [5, 5.41) is 8.09. The average Bonchev–Trinajstić information content (AvgIpc) is 3.03. The molecular weight excluding hydrogens is 371 g/mol. The molecule has 7 heteroatoms. The number of benzene rings is 2.